The summed E-state index contributed by atoms with van der Waals surface area (Å²) < 4.78 is 13.2. The molecule has 0 radical (unpaired) electrons. The van der Waals surface area contributed by atoms with E-state index in [4.69, 9.17) is 5.11 Å². The largest absolute Gasteiger partial charge is 0.395 e. The zero-order chi connectivity index (χ0) is 16.2. The highest BCUT2D eigenvalue weighted by atomic mass is 19.1. The highest BCUT2D eigenvalue weighted by Crippen LogP contribution is 2.41. The molecule has 1 saturated heterocycles. The lowest BCUT2D eigenvalue weighted by atomic mass is 9.67. The van der Waals surface area contributed by atoms with Crippen LogP contribution in [0.25, 0.3) is 0 Å². The van der Waals surface area contributed by atoms with E-state index in [1.165, 1.54) is 18.6 Å². The Bertz CT molecular complexity index is 538. The van der Waals surface area contributed by atoms with Crippen LogP contribution in [0.3, 0.4) is 0 Å². The predicted octanol–water partition coefficient (Wildman–Crippen LogP) is 2.49. The predicted molar refractivity (Wildman–Crippen MR) is 87.5 cm³/mol. The van der Waals surface area contributed by atoms with Gasteiger partial charge < -0.3 is 15.3 Å². The van der Waals surface area contributed by atoms with Crippen LogP contribution >= 0.6 is 0 Å². The third-order valence-corrected chi connectivity index (χ3v) is 5.29. The maximum absolute atomic E-state index is 13.2. The van der Waals surface area contributed by atoms with Gasteiger partial charge in [0.15, 0.2) is 0 Å². The van der Waals surface area contributed by atoms with Crippen LogP contribution in [0.5, 0.6) is 0 Å². The van der Waals surface area contributed by atoms with Gasteiger partial charge in [-0.2, -0.15) is 0 Å². The quantitative estimate of drug-likeness (QED) is 0.876. The van der Waals surface area contributed by atoms with E-state index in [0.717, 1.165) is 32.5 Å². The average Bonchev–Trinajstić information content (AvgIpc) is 2.48. The van der Waals surface area contributed by atoms with Gasteiger partial charge in [-0.25, -0.2) is 4.39 Å². The number of nitrogens with one attached hydrogen (secondary N) is 1. The third-order valence-electron chi connectivity index (χ3n) is 5.29. The molecular formula is C18H25FN2O2. The van der Waals surface area contributed by atoms with Crippen LogP contribution in [0.15, 0.2) is 24.3 Å². The molecule has 126 valence electrons. The summed E-state index contributed by atoms with van der Waals surface area (Å²) >= 11 is 0. The van der Waals surface area contributed by atoms with Crippen molar-refractivity contribution in [1.82, 2.24) is 4.90 Å². The molecule has 2 fully saturated rings. The highest BCUT2D eigenvalue weighted by molar-refractivity contribution is 5.90. The lowest BCUT2D eigenvalue weighted by Gasteiger charge is -2.47. The first kappa shape index (κ1) is 16.4. The molecule has 2 bridgehead atoms. The minimum absolute atomic E-state index is 0.0203. The summed E-state index contributed by atoms with van der Waals surface area (Å²) in [6.07, 6.45) is 4.08. The van der Waals surface area contributed by atoms with E-state index < -0.39 is 0 Å². The minimum atomic E-state index is -0.336. The Labute approximate surface area is 136 Å². The van der Waals surface area contributed by atoms with Gasteiger partial charge in [-0.3, -0.25) is 4.79 Å². The zero-order valence-corrected chi connectivity index (χ0v) is 13.4. The fourth-order valence-electron chi connectivity index (χ4n) is 4.30. The van der Waals surface area contributed by atoms with Crippen LogP contribution in [0.4, 0.5) is 10.1 Å². The van der Waals surface area contributed by atoms with Gasteiger partial charge >= 0.3 is 0 Å². The molecule has 23 heavy (non-hydrogen) atoms. The number of β-amino-alcohol motifs (C(OH)–C–C–N with tert-alkyl or cyclic N) is 1. The first-order valence-corrected chi connectivity index (χ1v) is 8.54. The number of hydrogen-bond donors (Lipinski definition) is 2. The molecule has 1 heterocycles. The van der Waals surface area contributed by atoms with Crippen molar-refractivity contribution in [3.8, 4) is 0 Å². The second-order valence-electron chi connectivity index (χ2n) is 6.86. The Hall–Kier alpha value is -1.46. The van der Waals surface area contributed by atoms with Gasteiger partial charge in [0.05, 0.1) is 6.61 Å². The number of hydrogen-bond acceptors (Lipinski definition) is 3. The van der Waals surface area contributed by atoms with Gasteiger partial charge in [-0.05, 0) is 48.8 Å². The number of amides is 1. The zero-order valence-electron chi connectivity index (χ0n) is 13.4. The van der Waals surface area contributed by atoms with Gasteiger partial charge in [-0.15, -0.1) is 0 Å². The molecule has 3 rings (SSSR count). The van der Waals surface area contributed by atoms with E-state index in [-0.39, 0.29) is 18.3 Å². The molecule has 1 amide bonds. The molecular weight excluding hydrogens is 295 g/mol. The number of piperidine rings is 1. The topological polar surface area (TPSA) is 52.6 Å². The van der Waals surface area contributed by atoms with Gasteiger partial charge in [0, 0.05) is 31.7 Å². The SMILES string of the molecule is O=C(CC1[C@H]2CCC[C@H]1CN(CCO)C2)Nc1cccc(F)c1. The molecule has 2 atom stereocenters. The molecule has 0 aromatic heterocycles. The molecule has 4 nitrogen and oxygen atoms in total. The summed E-state index contributed by atoms with van der Waals surface area (Å²) in [5.41, 5.74) is 0.526. The van der Waals surface area contributed by atoms with Crippen LogP contribution in [0.2, 0.25) is 0 Å². The number of aliphatic hydroxyl groups excluding tert-OH is 1. The van der Waals surface area contributed by atoms with Crippen molar-refractivity contribution in [2.24, 2.45) is 17.8 Å². The van der Waals surface area contributed by atoms with E-state index in [2.05, 4.69) is 10.2 Å². The fourth-order valence-corrected chi connectivity index (χ4v) is 4.30. The maximum Gasteiger partial charge on any atom is 0.224 e. The molecule has 1 aromatic carbocycles. The second kappa shape index (κ2) is 7.41. The van der Waals surface area contributed by atoms with E-state index in [0.29, 0.717) is 29.9 Å². The molecule has 2 aliphatic rings. The van der Waals surface area contributed by atoms with Gasteiger partial charge in [-0.1, -0.05) is 12.5 Å². The number of carbonyl (C=O) groups excluding carboxylic acids is 1. The van der Waals surface area contributed by atoms with Crippen LogP contribution in [-0.2, 0) is 4.79 Å². The molecule has 1 aromatic rings. The van der Waals surface area contributed by atoms with Crippen molar-refractivity contribution in [1.29, 1.82) is 0 Å². The number of likely N-dealkylation sites (tertiary alicyclic amines) is 1. The number of halogens is 1. The smallest absolute Gasteiger partial charge is 0.224 e. The van der Waals surface area contributed by atoms with Crippen LogP contribution in [0, 0.1) is 23.6 Å². The second-order valence-corrected chi connectivity index (χ2v) is 6.86. The minimum Gasteiger partial charge on any atom is -0.395 e. The van der Waals surface area contributed by atoms with E-state index >= 15 is 0 Å². The number of benzene rings is 1. The fraction of sp³-hybridized carbons (Fsp3) is 0.611. The number of carbonyl (C=O) groups is 1. The molecule has 0 spiro atoms. The number of anilines is 1. The van der Waals surface area contributed by atoms with E-state index in [1.807, 2.05) is 0 Å². The standard InChI is InChI=1S/C18H25FN2O2/c19-15-5-2-6-16(9-15)20-18(23)10-17-13-3-1-4-14(17)12-21(11-13)7-8-22/h2,5-6,9,13-14,17,22H,1,3-4,7-8,10-12H2,(H,20,23)/t13-,14-/m0/s1. The van der Waals surface area contributed by atoms with Crippen molar-refractivity contribution < 1.29 is 14.3 Å². The van der Waals surface area contributed by atoms with Gasteiger partial charge in [0.2, 0.25) is 5.91 Å². The summed E-state index contributed by atoms with van der Waals surface area (Å²) in [6.45, 7) is 2.89. The summed E-state index contributed by atoms with van der Waals surface area (Å²) in [4.78, 5) is 14.7. The van der Waals surface area contributed by atoms with Gasteiger partial charge in [0.1, 0.15) is 5.82 Å². The average molecular weight is 320 g/mol. The monoisotopic (exact) mass is 320 g/mol. The lowest BCUT2D eigenvalue weighted by Crippen LogP contribution is -2.50. The first-order chi connectivity index (χ1) is 11.2. The molecule has 1 aliphatic heterocycles. The molecule has 5 heteroatoms. The summed E-state index contributed by atoms with van der Waals surface area (Å²) in [7, 11) is 0. The van der Waals surface area contributed by atoms with Crippen LogP contribution in [-0.4, -0.2) is 42.2 Å². The number of fused-ring (bicyclic) bond motifs is 2. The summed E-state index contributed by atoms with van der Waals surface area (Å²) in [6, 6.07) is 6.04. The van der Waals surface area contributed by atoms with E-state index in [9.17, 15) is 9.18 Å². The number of aliphatic hydroxyl groups is 1. The summed E-state index contributed by atoms with van der Waals surface area (Å²) in [5.74, 6) is 1.12. The van der Waals surface area contributed by atoms with Crippen LogP contribution in [0.1, 0.15) is 25.7 Å². The molecule has 0 unspecified atom stereocenters. The summed E-state index contributed by atoms with van der Waals surface area (Å²) in [5, 5.41) is 12.0. The Kier molecular flexibility index (Phi) is 5.28. The van der Waals surface area contributed by atoms with Crippen molar-refractivity contribution in [2.75, 3.05) is 31.6 Å². The highest BCUT2D eigenvalue weighted by Gasteiger charge is 2.39. The van der Waals surface area contributed by atoms with Crippen molar-refractivity contribution in [3.63, 3.8) is 0 Å². The maximum atomic E-state index is 13.2. The Morgan fingerprint density at radius 3 is 2.70 bits per heavy atom. The Morgan fingerprint density at radius 2 is 2.04 bits per heavy atom. The lowest BCUT2D eigenvalue weighted by molar-refractivity contribution is -0.119. The van der Waals surface area contributed by atoms with E-state index in [1.54, 1.807) is 12.1 Å². The third kappa shape index (κ3) is 4.09. The van der Waals surface area contributed by atoms with Crippen LogP contribution < -0.4 is 5.32 Å². The van der Waals surface area contributed by atoms with Gasteiger partial charge in [0.25, 0.3) is 0 Å². The molecule has 2 N–H and O–H groups in total. The number of nitrogens with zero attached hydrogens (tertiary/aromatic N) is 1. The number of rotatable bonds is 5. The molecule has 1 saturated carbocycles. The molecule has 1 aliphatic carbocycles. The van der Waals surface area contributed by atoms with Crippen molar-refractivity contribution in [3.05, 3.63) is 30.1 Å². The van der Waals surface area contributed by atoms with Crippen molar-refractivity contribution >= 4 is 11.6 Å². The van der Waals surface area contributed by atoms with Crippen molar-refractivity contribution in [2.45, 2.75) is 25.7 Å². The Morgan fingerprint density at radius 1 is 1.30 bits per heavy atom. The first-order valence-electron chi connectivity index (χ1n) is 8.54. The Balaban J connectivity index is 1.59. The normalized spacial score (nSPS) is 27.7.